The van der Waals surface area contributed by atoms with Crippen LogP contribution < -0.4 is 0 Å². The number of aliphatic hydroxyl groups excluding tert-OH is 1. The molecule has 0 aliphatic heterocycles. The van der Waals surface area contributed by atoms with Crippen molar-refractivity contribution in [2.75, 3.05) is 39.6 Å². The monoisotopic (exact) mass is 1440 g/mol. The Morgan fingerprint density at radius 1 is 0.286 bits per heavy atom. The predicted molar refractivity (Wildman–Crippen MR) is 400 cm³/mol. The highest BCUT2D eigenvalue weighted by molar-refractivity contribution is 7.47. The van der Waals surface area contributed by atoms with Crippen molar-refractivity contribution in [3.8, 4) is 0 Å². The molecule has 0 bridgehead atoms. The van der Waals surface area contributed by atoms with Crippen LogP contribution in [-0.4, -0.2) is 96.7 Å². The summed E-state index contributed by atoms with van der Waals surface area (Å²) in [4.78, 5) is 72.9. The number of ether oxygens (including phenoxy) is 4. The minimum Gasteiger partial charge on any atom is -0.462 e. The molecule has 98 heavy (non-hydrogen) atoms. The summed E-state index contributed by atoms with van der Waals surface area (Å²) in [6.45, 7) is 14.3. The largest absolute Gasteiger partial charge is 0.472 e. The third kappa shape index (κ3) is 68.5. The maximum absolute atomic E-state index is 13.1. The first-order valence-electron chi connectivity index (χ1n) is 40.8. The van der Waals surface area contributed by atoms with Crippen molar-refractivity contribution in [1.29, 1.82) is 0 Å². The summed E-state index contributed by atoms with van der Waals surface area (Å²) in [5.74, 6) is 1.03. The minimum atomic E-state index is -4.96. The summed E-state index contributed by atoms with van der Waals surface area (Å²) in [6, 6.07) is 0. The van der Waals surface area contributed by atoms with Gasteiger partial charge in [0.2, 0.25) is 0 Å². The van der Waals surface area contributed by atoms with Gasteiger partial charge in [-0.25, -0.2) is 9.13 Å². The number of carbonyl (C=O) groups is 4. The van der Waals surface area contributed by atoms with Gasteiger partial charge in [-0.15, -0.1) is 0 Å². The molecular weight excluding hydrogens is 1280 g/mol. The SMILES string of the molecule is CCC(C)CCCCCCCCCCCCCCCCC(=O)O[C@H](COC(=O)CCCCCCCCC(C)CC)COP(=O)(O)OC[C@H](O)COP(=O)(O)OC[C@@H](COC(=O)CCCCCCCCCCCCCCCCCC(C)C)OC(=O)CCCCCCCCCCC(C)CC. The maximum Gasteiger partial charge on any atom is 0.472 e. The number of aliphatic hydroxyl groups is 1. The van der Waals surface area contributed by atoms with E-state index in [9.17, 15) is 43.2 Å². The minimum absolute atomic E-state index is 0.105. The number of carbonyl (C=O) groups excluding carboxylic acids is 4. The molecule has 582 valence electrons. The molecule has 8 atom stereocenters. The second-order valence-electron chi connectivity index (χ2n) is 29.7. The average Bonchev–Trinajstić information content (AvgIpc) is 1.05. The molecule has 0 aliphatic carbocycles. The fourth-order valence-electron chi connectivity index (χ4n) is 12.0. The fourth-order valence-corrected chi connectivity index (χ4v) is 13.6. The molecule has 0 heterocycles. The molecule has 0 amide bonds. The maximum atomic E-state index is 13.1. The van der Waals surface area contributed by atoms with E-state index in [4.69, 9.17) is 37.0 Å². The average molecular weight is 1440 g/mol. The standard InChI is InChI=1S/C79H154O17P2/c1-9-70(6)56-48-40-32-26-22-18-15-16-20-24-28-35-45-53-61-78(83)95-75(66-90-77(82)60-52-44-38-37-42-50-58-72(8)11-3)68-94-98(87,88)92-64-73(80)63-91-97(85,86)93-67-74(96-79(84)62-54-46-36-30-29-33-41-49-57-71(7)10-2)65-89-76(81)59-51-43-34-27-23-19-14-12-13-17-21-25-31-39-47-55-69(4)5/h69-75,80H,9-68H2,1-8H3,(H,85,86)(H,87,88)/t70?,71?,72?,73-,74-,75-/m1/s1. The highest BCUT2D eigenvalue weighted by atomic mass is 31.2. The molecule has 0 spiro atoms. The Hall–Kier alpha value is -1.94. The molecule has 17 nitrogen and oxygen atoms in total. The van der Waals surface area contributed by atoms with Crippen molar-refractivity contribution in [2.24, 2.45) is 23.7 Å². The lowest BCUT2D eigenvalue weighted by Gasteiger charge is -2.21. The topological polar surface area (TPSA) is 237 Å². The van der Waals surface area contributed by atoms with Gasteiger partial charge in [0.1, 0.15) is 19.3 Å². The summed E-state index contributed by atoms with van der Waals surface area (Å²) < 4.78 is 68.6. The molecule has 0 radical (unpaired) electrons. The summed E-state index contributed by atoms with van der Waals surface area (Å²) in [5.41, 5.74) is 0. The van der Waals surface area contributed by atoms with E-state index in [-0.39, 0.29) is 25.7 Å². The lowest BCUT2D eigenvalue weighted by atomic mass is 9.99. The molecule has 0 aromatic heterocycles. The quantitative estimate of drug-likeness (QED) is 0.0222. The summed E-state index contributed by atoms with van der Waals surface area (Å²) in [5, 5.41) is 10.6. The van der Waals surface area contributed by atoms with Gasteiger partial charge in [-0.1, -0.05) is 351 Å². The molecule has 0 saturated carbocycles. The van der Waals surface area contributed by atoms with Crippen LogP contribution in [0.15, 0.2) is 0 Å². The molecule has 5 unspecified atom stereocenters. The highest BCUT2D eigenvalue weighted by Gasteiger charge is 2.30. The van der Waals surface area contributed by atoms with Crippen LogP contribution in [0.3, 0.4) is 0 Å². The predicted octanol–water partition coefficient (Wildman–Crippen LogP) is 23.2. The van der Waals surface area contributed by atoms with Crippen LogP contribution in [0, 0.1) is 23.7 Å². The molecule has 19 heteroatoms. The first-order chi connectivity index (χ1) is 47.2. The van der Waals surface area contributed by atoms with Crippen LogP contribution in [0.5, 0.6) is 0 Å². The third-order valence-electron chi connectivity index (χ3n) is 19.4. The molecule has 0 saturated heterocycles. The van der Waals surface area contributed by atoms with Gasteiger partial charge in [0, 0.05) is 25.7 Å². The number of unbranched alkanes of at least 4 members (excludes halogenated alkanes) is 39. The number of esters is 4. The van der Waals surface area contributed by atoms with E-state index in [2.05, 4.69) is 55.4 Å². The lowest BCUT2D eigenvalue weighted by molar-refractivity contribution is -0.161. The zero-order chi connectivity index (χ0) is 72.4. The normalized spacial score (nSPS) is 14.9. The number of hydrogen-bond acceptors (Lipinski definition) is 15. The van der Waals surface area contributed by atoms with Crippen LogP contribution in [0.4, 0.5) is 0 Å². The van der Waals surface area contributed by atoms with Crippen LogP contribution in [-0.2, 0) is 65.4 Å². The lowest BCUT2D eigenvalue weighted by Crippen LogP contribution is -2.30. The second-order valence-corrected chi connectivity index (χ2v) is 32.6. The van der Waals surface area contributed by atoms with E-state index < -0.39 is 97.5 Å². The molecule has 0 fully saturated rings. The summed E-state index contributed by atoms with van der Waals surface area (Å²) in [7, 11) is -9.92. The Morgan fingerprint density at radius 3 is 0.724 bits per heavy atom. The van der Waals surface area contributed by atoms with Crippen LogP contribution in [0.1, 0.15) is 402 Å². The molecular formula is C79H154O17P2. The van der Waals surface area contributed by atoms with Crippen LogP contribution >= 0.6 is 15.6 Å². The van der Waals surface area contributed by atoms with Gasteiger partial charge in [-0.2, -0.15) is 0 Å². The van der Waals surface area contributed by atoms with E-state index in [1.807, 2.05) is 0 Å². The van der Waals surface area contributed by atoms with Crippen LogP contribution in [0.25, 0.3) is 0 Å². The van der Waals surface area contributed by atoms with E-state index >= 15 is 0 Å². The van der Waals surface area contributed by atoms with E-state index in [0.29, 0.717) is 25.7 Å². The third-order valence-corrected chi connectivity index (χ3v) is 21.3. The molecule has 0 rings (SSSR count). The Morgan fingerprint density at radius 2 is 0.490 bits per heavy atom. The summed E-state index contributed by atoms with van der Waals surface area (Å²) in [6.07, 6.45) is 54.0. The number of phosphoric acid groups is 2. The van der Waals surface area contributed by atoms with E-state index in [1.165, 1.54) is 199 Å². The van der Waals surface area contributed by atoms with Gasteiger partial charge >= 0.3 is 39.5 Å². The smallest absolute Gasteiger partial charge is 0.462 e. The number of phosphoric ester groups is 2. The fraction of sp³-hybridized carbons (Fsp3) is 0.949. The molecule has 0 aromatic rings. The first kappa shape index (κ1) is 96.1. The van der Waals surface area contributed by atoms with Crippen molar-refractivity contribution in [1.82, 2.24) is 0 Å². The van der Waals surface area contributed by atoms with Gasteiger partial charge in [0.05, 0.1) is 26.4 Å². The number of hydrogen-bond donors (Lipinski definition) is 3. The van der Waals surface area contributed by atoms with Crippen LogP contribution in [0.2, 0.25) is 0 Å². The Bertz CT molecular complexity index is 1930. The molecule has 0 aromatic carbocycles. The van der Waals surface area contributed by atoms with E-state index in [1.54, 1.807) is 0 Å². The Kier molecular flexibility index (Phi) is 66.8. The zero-order valence-corrected chi connectivity index (χ0v) is 66.2. The van der Waals surface area contributed by atoms with Crippen molar-refractivity contribution >= 4 is 39.5 Å². The Labute approximate surface area is 600 Å². The zero-order valence-electron chi connectivity index (χ0n) is 64.4. The van der Waals surface area contributed by atoms with Crippen molar-refractivity contribution in [3.63, 3.8) is 0 Å². The molecule has 3 N–H and O–H groups in total. The van der Waals surface area contributed by atoms with Gasteiger partial charge < -0.3 is 33.8 Å². The number of rotatable bonds is 76. The van der Waals surface area contributed by atoms with Gasteiger partial charge in [0.25, 0.3) is 0 Å². The van der Waals surface area contributed by atoms with Crippen molar-refractivity contribution in [2.45, 2.75) is 420 Å². The highest BCUT2D eigenvalue weighted by Crippen LogP contribution is 2.45. The van der Waals surface area contributed by atoms with Gasteiger partial charge in [-0.3, -0.25) is 37.3 Å². The first-order valence-corrected chi connectivity index (χ1v) is 43.8. The second kappa shape index (κ2) is 68.2. The van der Waals surface area contributed by atoms with Gasteiger partial charge in [-0.05, 0) is 49.4 Å². The van der Waals surface area contributed by atoms with E-state index in [0.717, 1.165) is 120 Å². The molecule has 0 aliphatic rings. The van der Waals surface area contributed by atoms with Gasteiger partial charge in [0.15, 0.2) is 12.2 Å². The van der Waals surface area contributed by atoms with Crippen molar-refractivity contribution in [3.05, 3.63) is 0 Å². The van der Waals surface area contributed by atoms with Crippen molar-refractivity contribution < 1.29 is 80.2 Å². The summed E-state index contributed by atoms with van der Waals surface area (Å²) >= 11 is 0. The Balaban J connectivity index is 5.22.